The molecule has 0 fully saturated rings. The second kappa shape index (κ2) is 5.12. The molecular formula is C13H13F3N2OS. The number of rotatable bonds is 2. The molecule has 0 aliphatic rings. The first-order chi connectivity index (χ1) is 9.15. The van der Waals surface area contributed by atoms with E-state index < -0.39 is 12.1 Å². The van der Waals surface area contributed by atoms with E-state index in [1.807, 2.05) is 12.1 Å². The molecule has 1 heterocycles. The van der Waals surface area contributed by atoms with Crippen LogP contribution in [0.2, 0.25) is 0 Å². The van der Waals surface area contributed by atoms with Crippen LogP contribution in [-0.4, -0.2) is 14.9 Å². The molecule has 0 amide bonds. The van der Waals surface area contributed by atoms with E-state index in [-0.39, 0.29) is 10.6 Å². The maximum Gasteiger partial charge on any atom is 0.471 e. The number of aromatic nitrogens is 2. The fourth-order valence-corrected chi connectivity index (χ4v) is 2.46. The molecule has 0 radical (unpaired) electrons. The lowest BCUT2D eigenvalue weighted by Gasteiger charge is -2.17. The van der Waals surface area contributed by atoms with Crippen molar-refractivity contribution in [3.05, 3.63) is 30.2 Å². The molecule has 0 unspecified atom stereocenters. The lowest BCUT2D eigenvalue weighted by atomic mass is 10.2. The molecule has 1 aromatic carbocycles. The molecule has 0 saturated heterocycles. The molecule has 108 valence electrons. The number of nitrogens with zero attached hydrogens (tertiary/aromatic N) is 2. The van der Waals surface area contributed by atoms with Gasteiger partial charge in [-0.05, 0) is 24.3 Å². The molecule has 0 N–H and O–H groups in total. The average Bonchev–Trinajstić information content (AvgIpc) is 2.76. The molecule has 7 heteroatoms. The van der Waals surface area contributed by atoms with Crippen LogP contribution in [0.15, 0.2) is 33.7 Å². The predicted octanol–water partition coefficient (Wildman–Crippen LogP) is 4.65. The Bertz CT molecular complexity index is 585. The van der Waals surface area contributed by atoms with Crippen molar-refractivity contribution in [1.29, 1.82) is 0 Å². The highest BCUT2D eigenvalue weighted by molar-refractivity contribution is 8.00. The molecule has 1 aromatic heterocycles. The van der Waals surface area contributed by atoms with Crippen LogP contribution in [0.25, 0.3) is 11.4 Å². The molecule has 0 aliphatic carbocycles. The molecule has 3 nitrogen and oxygen atoms in total. The quantitative estimate of drug-likeness (QED) is 0.757. The number of benzene rings is 1. The summed E-state index contributed by atoms with van der Waals surface area (Å²) in [6.45, 7) is 6.25. The van der Waals surface area contributed by atoms with E-state index in [2.05, 4.69) is 35.4 Å². The Kier molecular flexibility index (Phi) is 3.82. The van der Waals surface area contributed by atoms with Gasteiger partial charge in [0.05, 0.1) is 0 Å². The third kappa shape index (κ3) is 3.75. The number of thioether (sulfide) groups is 1. The van der Waals surface area contributed by atoms with Gasteiger partial charge < -0.3 is 4.52 Å². The van der Waals surface area contributed by atoms with Crippen LogP contribution in [0, 0.1) is 0 Å². The highest BCUT2D eigenvalue weighted by atomic mass is 32.2. The van der Waals surface area contributed by atoms with Crippen molar-refractivity contribution in [2.24, 2.45) is 0 Å². The standard InChI is InChI=1S/C13H13F3N2OS/c1-12(2,3)20-9-6-4-8(5-7-9)10-17-11(19-18-10)13(14,15)16/h4-7H,1-3H3. The fraction of sp³-hybridized carbons (Fsp3) is 0.385. The summed E-state index contributed by atoms with van der Waals surface area (Å²) in [6.07, 6.45) is -4.62. The minimum absolute atomic E-state index is 0.0652. The van der Waals surface area contributed by atoms with Crippen molar-refractivity contribution in [3.8, 4) is 11.4 Å². The Morgan fingerprint density at radius 1 is 1.05 bits per heavy atom. The van der Waals surface area contributed by atoms with Crippen LogP contribution in [0.5, 0.6) is 0 Å². The minimum Gasteiger partial charge on any atom is -0.329 e. The van der Waals surface area contributed by atoms with Crippen LogP contribution >= 0.6 is 11.8 Å². The van der Waals surface area contributed by atoms with Gasteiger partial charge >= 0.3 is 12.1 Å². The van der Waals surface area contributed by atoms with Gasteiger partial charge in [-0.1, -0.05) is 25.9 Å². The second-order valence-corrected chi connectivity index (χ2v) is 7.06. The number of hydrogen-bond acceptors (Lipinski definition) is 4. The molecule has 2 aromatic rings. The number of alkyl halides is 3. The highest BCUT2D eigenvalue weighted by Crippen LogP contribution is 2.33. The summed E-state index contributed by atoms with van der Waals surface area (Å²) in [5.74, 6) is -1.40. The van der Waals surface area contributed by atoms with E-state index in [9.17, 15) is 13.2 Å². The molecule has 20 heavy (non-hydrogen) atoms. The summed E-state index contributed by atoms with van der Waals surface area (Å²) in [6, 6.07) is 7.02. The van der Waals surface area contributed by atoms with Crippen LogP contribution < -0.4 is 0 Å². The van der Waals surface area contributed by atoms with Gasteiger partial charge in [0.15, 0.2) is 0 Å². The first-order valence-electron chi connectivity index (χ1n) is 5.85. The zero-order valence-electron chi connectivity index (χ0n) is 11.2. The molecule has 2 rings (SSSR count). The van der Waals surface area contributed by atoms with Crippen molar-refractivity contribution in [2.45, 2.75) is 36.6 Å². The highest BCUT2D eigenvalue weighted by Gasteiger charge is 2.38. The Balaban J connectivity index is 2.20. The monoisotopic (exact) mass is 302 g/mol. The largest absolute Gasteiger partial charge is 0.471 e. The van der Waals surface area contributed by atoms with Gasteiger partial charge in [0, 0.05) is 15.2 Å². The van der Waals surface area contributed by atoms with Crippen molar-refractivity contribution in [2.75, 3.05) is 0 Å². The maximum atomic E-state index is 12.4. The minimum atomic E-state index is -4.62. The summed E-state index contributed by atoms with van der Waals surface area (Å²) in [7, 11) is 0. The topological polar surface area (TPSA) is 38.9 Å². The number of hydrogen-bond donors (Lipinski definition) is 0. The van der Waals surface area contributed by atoms with Crippen molar-refractivity contribution < 1.29 is 17.7 Å². The third-order valence-corrected chi connectivity index (χ3v) is 3.33. The van der Waals surface area contributed by atoms with E-state index in [1.165, 1.54) is 0 Å². The summed E-state index contributed by atoms with van der Waals surface area (Å²) in [5.41, 5.74) is 0.488. The Hall–Kier alpha value is -1.50. The zero-order valence-corrected chi connectivity index (χ0v) is 12.0. The SMILES string of the molecule is CC(C)(C)Sc1ccc(-c2noc(C(F)(F)F)n2)cc1. The molecule has 0 aliphatic heterocycles. The van der Waals surface area contributed by atoms with Crippen LogP contribution in [-0.2, 0) is 6.18 Å². The maximum absolute atomic E-state index is 12.4. The Morgan fingerprint density at radius 2 is 1.65 bits per heavy atom. The molecule has 0 saturated carbocycles. The van der Waals surface area contributed by atoms with Gasteiger partial charge in [-0.15, -0.1) is 11.8 Å². The van der Waals surface area contributed by atoms with Crippen molar-refractivity contribution in [1.82, 2.24) is 10.1 Å². The second-order valence-electron chi connectivity index (χ2n) is 5.16. The fourth-order valence-electron chi connectivity index (χ4n) is 1.48. The van der Waals surface area contributed by atoms with E-state index >= 15 is 0 Å². The molecule has 0 spiro atoms. The van der Waals surface area contributed by atoms with E-state index in [1.54, 1.807) is 23.9 Å². The lowest BCUT2D eigenvalue weighted by Crippen LogP contribution is -2.06. The zero-order chi connectivity index (χ0) is 15.0. The van der Waals surface area contributed by atoms with Crippen LogP contribution in [0.3, 0.4) is 0 Å². The van der Waals surface area contributed by atoms with Crippen molar-refractivity contribution in [3.63, 3.8) is 0 Å². The van der Waals surface area contributed by atoms with Gasteiger partial charge in [0.1, 0.15) is 0 Å². The van der Waals surface area contributed by atoms with Gasteiger partial charge in [-0.2, -0.15) is 18.2 Å². The first kappa shape index (κ1) is 14.9. The van der Waals surface area contributed by atoms with Crippen LogP contribution in [0.4, 0.5) is 13.2 Å². The lowest BCUT2D eigenvalue weighted by molar-refractivity contribution is -0.159. The molecule has 0 bridgehead atoms. The smallest absolute Gasteiger partial charge is 0.329 e. The third-order valence-electron chi connectivity index (χ3n) is 2.21. The van der Waals surface area contributed by atoms with E-state index in [4.69, 9.17) is 0 Å². The molecule has 0 atom stereocenters. The van der Waals surface area contributed by atoms with Gasteiger partial charge in [-0.3, -0.25) is 0 Å². The first-order valence-corrected chi connectivity index (χ1v) is 6.67. The summed E-state index contributed by atoms with van der Waals surface area (Å²) >= 11 is 1.67. The summed E-state index contributed by atoms with van der Waals surface area (Å²) in [4.78, 5) is 4.37. The normalized spacial score (nSPS) is 12.7. The summed E-state index contributed by atoms with van der Waals surface area (Å²) < 4.78 is 41.4. The van der Waals surface area contributed by atoms with Gasteiger partial charge in [0.2, 0.25) is 5.82 Å². The summed E-state index contributed by atoms with van der Waals surface area (Å²) in [5, 5.41) is 3.34. The Morgan fingerprint density at radius 3 is 2.10 bits per heavy atom. The number of halogens is 3. The van der Waals surface area contributed by atoms with E-state index in [0.717, 1.165) is 4.90 Å². The average molecular weight is 302 g/mol. The predicted molar refractivity (Wildman–Crippen MR) is 70.3 cm³/mol. The van der Waals surface area contributed by atoms with Gasteiger partial charge in [0.25, 0.3) is 0 Å². The molecular weight excluding hydrogens is 289 g/mol. The Labute approximate surface area is 118 Å². The van der Waals surface area contributed by atoms with E-state index in [0.29, 0.717) is 5.56 Å². The van der Waals surface area contributed by atoms with Gasteiger partial charge in [-0.25, -0.2) is 0 Å². The van der Waals surface area contributed by atoms with Crippen molar-refractivity contribution >= 4 is 11.8 Å². The van der Waals surface area contributed by atoms with Crippen LogP contribution in [0.1, 0.15) is 26.7 Å².